The molecular formula is C9H10ClN3O2. The lowest BCUT2D eigenvalue weighted by Crippen LogP contribution is -2.25. The van der Waals surface area contributed by atoms with E-state index in [-0.39, 0.29) is 10.8 Å². The molecule has 1 aromatic rings. The van der Waals surface area contributed by atoms with Crippen LogP contribution in [0.2, 0.25) is 5.15 Å². The van der Waals surface area contributed by atoms with Gasteiger partial charge in [-0.05, 0) is 30.9 Å². The minimum atomic E-state index is -0.403. The second-order valence-electron chi connectivity index (χ2n) is 3.43. The van der Waals surface area contributed by atoms with Crippen molar-refractivity contribution in [1.29, 1.82) is 0 Å². The first-order valence-corrected chi connectivity index (χ1v) is 5.05. The van der Waals surface area contributed by atoms with Crippen LogP contribution in [0.4, 0.5) is 0 Å². The summed E-state index contributed by atoms with van der Waals surface area (Å²) in [4.78, 5) is 16.4. The molecule has 0 atom stereocenters. The van der Waals surface area contributed by atoms with Gasteiger partial charge >= 0.3 is 0 Å². The van der Waals surface area contributed by atoms with Gasteiger partial charge in [-0.3, -0.25) is 9.63 Å². The molecule has 0 bridgehead atoms. The molecule has 15 heavy (non-hydrogen) atoms. The van der Waals surface area contributed by atoms with Crippen molar-refractivity contribution >= 4 is 17.5 Å². The molecule has 5 nitrogen and oxygen atoms in total. The van der Waals surface area contributed by atoms with E-state index in [2.05, 4.69) is 15.7 Å². The van der Waals surface area contributed by atoms with E-state index < -0.39 is 5.91 Å². The summed E-state index contributed by atoms with van der Waals surface area (Å²) in [6.45, 7) is 0.562. The molecule has 0 aliphatic heterocycles. The highest BCUT2D eigenvalue weighted by atomic mass is 35.5. The number of hydrogen-bond acceptors (Lipinski definition) is 4. The molecule has 0 unspecified atom stereocenters. The van der Waals surface area contributed by atoms with Crippen molar-refractivity contribution in [2.24, 2.45) is 5.92 Å². The number of aromatic nitrogens is 2. The number of hydroxylamine groups is 1. The molecule has 1 saturated carbocycles. The number of amides is 1. The second-order valence-corrected chi connectivity index (χ2v) is 3.81. The van der Waals surface area contributed by atoms with Gasteiger partial charge in [-0.15, -0.1) is 10.2 Å². The Morgan fingerprint density at radius 3 is 2.93 bits per heavy atom. The minimum Gasteiger partial charge on any atom is -0.273 e. The largest absolute Gasteiger partial charge is 0.295 e. The van der Waals surface area contributed by atoms with Crippen LogP contribution in [0.1, 0.15) is 23.3 Å². The summed E-state index contributed by atoms with van der Waals surface area (Å²) in [6.07, 6.45) is 2.35. The Hall–Kier alpha value is -1.20. The van der Waals surface area contributed by atoms with Crippen molar-refractivity contribution in [3.8, 4) is 0 Å². The molecule has 1 heterocycles. The third-order valence-electron chi connectivity index (χ3n) is 2.05. The van der Waals surface area contributed by atoms with Crippen LogP contribution >= 0.6 is 11.6 Å². The van der Waals surface area contributed by atoms with Gasteiger partial charge in [0, 0.05) is 0 Å². The van der Waals surface area contributed by atoms with E-state index in [1.165, 1.54) is 25.0 Å². The Bertz CT molecular complexity index is 351. The van der Waals surface area contributed by atoms with E-state index in [0.717, 1.165) is 0 Å². The lowest BCUT2D eigenvalue weighted by Gasteiger charge is -2.03. The van der Waals surface area contributed by atoms with Crippen molar-refractivity contribution in [1.82, 2.24) is 15.7 Å². The Morgan fingerprint density at radius 2 is 2.33 bits per heavy atom. The number of nitrogens with zero attached hydrogens (tertiary/aromatic N) is 2. The monoisotopic (exact) mass is 227 g/mol. The summed E-state index contributed by atoms with van der Waals surface area (Å²) in [5.74, 6) is 0.196. The highest BCUT2D eigenvalue weighted by Gasteiger charge is 2.22. The normalized spacial score (nSPS) is 15.0. The molecule has 6 heteroatoms. The Kier molecular flexibility index (Phi) is 3.13. The first kappa shape index (κ1) is 10.3. The number of halogens is 1. The maximum Gasteiger partial charge on any atom is 0.295 e. The molecular weight excluding hydrogens is 218 g/mol. The van der Waals surface area contributed by atoms with Crippen LogP contribution in [0.15, 0.2) is 12.1 Å². The summed E-state index contributed by atoms with van der Waals surface area (Å²) < 4.78 is 0. The lowest BCUT2D eigenvalue weighted by atomic mass is 10.4. The molecule has 0 saturated heterocycles. The average Bonchev–Trinajstić information content (AvgIpc) is 3.02. The predicted octanol–water partition coefficient (Wildman–Crippen LogP) is 1.20. The average molecular weight is 228 g/mol. The van der Waals surface area contributed by atoms with Gasteiger partial charge in [0.25, 0.3) is 5.91 Å². The topological polar surface area (TPSA) is 64.1 Å². The summed E-state index contributed by atoms with van der Waals surface area (Å²) in [5.41, 5.74) is 2.50. The highest BCUT2D eigenvalue weighted by molar-refractivity contribution is 6.29. The molecule has 1 fully saturated rings. The number of carbonyl (C=O) groups excluding carboxylic acids is 1. The van der Waals surface area contributed by atoms with Crippen LogP contribution in [0, 0.1) is 5.92 Å². The first-order valence-electron chi connectivity index (χ1n) is 4.67. The summed E-state index contributed by atoms with van der Waals surface area (Å²) in [7, 11) is 0. The number of carbonyl (C=O) groups is 1. The van der Waals surface area contributed by atoms with Gasteiger partial charge in [0.05, 0.1) is 6.61 Å². The van der Waals surface area contributed by atoms with E-state index in [0.29, 0.717) is 12.5 Å². The van der Waals surface area contributed by atoms with Crippen LogP contribution < -0.4 is 5.48 Å². The Balaban J connectivity index is 1.81. The second kappa shape index (κ2) is 4.55. The number of hydrogen-bond donors (Lipinski definition) is 1. The van der Waals surface area contributed by atoms with E-state index in [9.17, 15) is 4.79 Å². The standard InChI is InChI=1S/C9H10ClN3O2/c10-8-4-3-7(11-12-8)9(14)13-15-5-6-1-2-6/h3-4,6H,1-2,5H2,(H,13,14). The zero-order valence-electron chi connectivity index (χ0n) is 7.94. The smallest absolute Gasteiger partial charge is 0.273 e. The molecule has 1 amide bonds. The zero-order chi connectivity index (χ0) is 10.7. The van der Waals surface area contributed by atoms with Gasteiger partial charge in [0.1, 0.15) is 0 Å². The molecule has 1 aliphatic carbocycles. The van der Waals surface area contributed by atoms with E-state index >= 15 is 0 Å². The molecule has 0 radical (unpaired) electrons. The third kappa shape index (κ3) is 3.14. The fourth-order valence-electron chi connectivity index (χ4n) is 0.999. The number of nitrogens with one attached hydrogen (secondary N) is 1. The van der Waals surface area contributed by atoms with Crippen molar-refractivity contribution in [3.63, 3.8) is 0 Å². The molecule has 0 spiro atoms. The van der Waals surface area contributed by atoms with Gasteiger partial charge in [-0.1, -0.05) is 11.6 Å². The predicted molar refractivity (Wildman–Crippen MR) is 53.2 cm³/mol. The van der Waals surface area contributed by atoms with Crippen LogP contribution in [-0.2, 0) is 4.84 Å². The Labute approximate surface area is 91.7 Å². The zero-order valence-corrected chi connectivity index (χ0v) is 8.70. The molecule has 1 aliphatic rings. The minimum absolute atomic E-state index is 0.190. The highest BCUT2D eigenvalue weighted by Crippen LogP contribution is 2.28. The summed E-state index contributed by atoms with van der Waals surface area (Å²) >= 11 is 5.53. The maximum absolute atomic E-state index is 11.4. The summed E-state index contributed by atoms with van der Waals surface area (Å²) in [6, 6.07) is 3.00. The van der Waals surface area contributed by atoms with E-state index in [4.69, 9.17) is 16.4 Å². The molecule has 0 aromatic carbocycles. The van der Waals surface area contributed by atoms with Crippen molar-refractivity contribution < 1.29 is 9.63 Å². The number of rotatable bonds is 4. The SMILES string of the molecule is O=C(NOCC1CC1)c1ccc(Cl)nn1. The van der Waals surface area contributed by atoms with Crippen LogP contribution in [0.25, 0.3) is 0 Å². The lowest BCUT2D eigenvalue weighted by molar-refractivity contribution is 0.0265. The van der Waals surface area contributed by atoms with Crippen LogP contribution in [-0.4, -0.2) is 22.7 Å². The van der Waals surface area contributed by atoms with E-state index in [1.807, 2.05) is 0 Å². The quantitative estimate of drug-likeness (QED) is 0.786. The van der Waals surface area contributed by atoms with Crippen molar-refractivity contribution in [3.05, 3.63) is 23.0 Å². The van der Waals surface area contributed by atoms with Crippen LogP contribution in [0.5, 0.6) is 0 Å². The van der Waals surface area contributed by atoms with Gasteiger partial charge in [0.15, 0.2) is 10.8 Å². The Morgan fingerprint density at radius 1 is 1.53 bits per heavy atom. The third-order valence-corrected chi connectivity index (χ3v) is 2.25. The van der Waals surface area contributed by atoms with Gasteiger partial charge < -0.3 is 0 Å². The van der Waals surface area contributed by atoms with Crippen molar-refractivity contribution in [2.75, 3.05) is 6.61 Å². The maximum atomic E-state index is 11.4. The summed E-state index contributed by atoms with van der Waals surface area (Å²) in [5, 5.41) is 7.43. The van der Waals surface area contributed by atoms with Gasteiger partial charge in [-0.25, -0.2) is 5.48 Å². The van der Waals surface area contributed by atoms with Crippen molar-refractivity contribution in [2.45, 2.75) is 12.8 Å². The van der Waals surface area contributed by atoms with Gasteiger partial charge in [-0.2, -0.15) is 0 Å². The van der Waals surface area contributed by atoms with Gasteiger partial charge in [0.2, 0.25) is 0 Å². The molecule has 1 aromatic heterocycles. The molecule has 80 valence electrons. The van der Waals surface area contributed by atoms with Crippen LogP contribution in [0.3, 0.4) is 0 Å². The molecule has 2 rings (SSSR count). The van der Waals surface area contributed by atoms with E-state index in [1.54, 1.807) is 0 Å². The fourth-order valence-corrected chi connectivity index (χ4v) is 1.10. The molecule has 1 N–H and O–H groups in total. The first-order chi connectivity index (χ1) is 7.25. The fraction of sp³-hybridized carbons (Fsp3) is 0.444.